The quantitative estimate of drug-likeness (QED) is 0.680. The first-order valence-corrected chi connectivity index (χ1v) is 5.77. The minimum atomic E-state index is -1.51. The maximum atomic E-state index is 13.0. The number of likely N-dealkylation sites (tertiary alicyclic amines) is 1. The summed E-state index contributed by atoms with van der Waals surface area (Å²) in [7, 11) is 0. The minimum absolute atomic E-state index is 0.0820. The number of hydrogen-bond donors (Lipinski definition) is 0. The molecule has 1 saturated carbocycles. The highest BCUT2D eigenvalue weighted by molar-refractivity contribution is 5.84. The molecule has 0 aromatic carbocycles. The van der Waals surface area contributed by atoms with Crippen molar-refractivity contribution in [1.82, 2.24) is 4.90 Å². The van der Waals surface area contributed by atoms with E-state index in [0.717, 1.165) is 19.3 Å². The summed E-state index contributed by atoms with van der Waals surface area (Å²) in [6, 6.07) is 0. The molecule has 1 heterocycles. The molecule has 0 bridgehead atoms. The Labute approximate surface area is 94.3 Å². The van der Waals surface area contributed by atoms with Crippen LogP contribution in [0.2, 0.25) is 0 Å². The molecular formula is C12H17F2NO. The summed E-state index contributed by atoms with van der Waals surface area (Å²) < 4.78 is 26.1. The van der Waals surface area contributed by atoms with Crippen molar-refractivity contribution in [2.24, 2.45) is 5.41 Å². The van der Waals surface area contributed by atoms with E-state index in [2.05, 4.69) is 6.58 Å². The highest BCUT2D eigenvalue weighted by atomic mass is 19.2. The molecule has 0 radical (unpaired) electrons. The van der Waals surface area contributed by atoms with Crippen molar-refractivity contribution < 1.29 is 13.6 Å². The normalized spacial score (nSPS) is 32.2. The monoisotopic (exact) mass is 229 g/mol. The van der Waals surface area contributed by atoms with Gasteiger partial charge < -0.3 is 4.90 Å². The Morgan fingerprint density at radius 3 is 2.31 bits per heavy atom. The van der Waals surface area contributed by atoms with E-state index in [1.165, 1.54) is 4.90 Å². The van der Waals surface area contributed by atoms with Gasteiger partial charge >= 0.3 is 0 Å². The Hall–Kier alpha value is -0.930. The number of hydrogen-bond acceptors (Lipinski definition) is 1. The number of nitrogens with zero attached hydrogens (tertiary/aromatic N) is 1. The Morgan fingerprint density at radius 2 is 1.94 bits per heavy atom. The molecule has 16 heavy (non-hydrogen) atoms. The van der Waals surface area contributed by atoms with Crippen LogP contribution in [0.3, 0.4) is 0 Å². The summed E-state index contributed by atoms with van der Waals surface area (Å²) in [5.74, 6) is -0.0820. The molecule has 2 rings (SSSR count). The lowest BCUT2D eigenvalue weighted by molar-refractivity contribution is -0.146. The molecular weight excluding hydrogens is 212 g/mol. The minimum Gasteiger partial charge on any atom is -0.336 e. The molecule has 90 valence electrons. The summed E-state index contributed by atoms with van der Waals surface area (Å²) in [6.07, 6.45) is 1.99. The molecule has 0 spiro atoms. The number of carbonyl (C=O) groups excluding carboxylic acids is 1. The number of amides is 1. The molecule has 0 unspecified atom stereocenters. The summed E-state index contributed by atoms with van der Waals surface area (Å²) in [6.45, 7) is 3.48. The largest absolute Gasteiger partial charge is 0.336 e. The van der Waals surface area contributed by atoms with Crippen LogP contribution < -0.4 is 0 Å². The molecule has 2 fully saturated rings. The SMILES string of the molecule is C=CCC1(C(=O)N2C[C@@H](F)[C@@H](F)C2)CCC1. The van der Waals surface area contributed by atoms with Crippen molar-refractivity contribution in [3.8, 4) is 0 Å². The van der Waals surface area contributed by atoms with Crippen molar-refractivity contribution in [3.63, 3.8) is 0 Å². The first-order chi connectivity index (χ1) is 7.59. The van der Waals surface area contributed by atoms with E-state index in [-0.39, 0.29) is 19.0 Å². The number of allylic oxidation sites excluding steroid dienone is 1. The third-order valence-corrected chi connectivity index (χ3v) is 3.77. The van der Waals surface area contributed by atoms with Crippen LogP contribution in [0, 0.1) is 5.41 Å². The molecule has 1 amide bonds. The van der Waals surface area contributed by atoms with Crippen molar-refractivity contribution in [1.29, 1.82) is 0 Å². The molecule has 1 saturated heterocycles. The van der Waals surface area contributed by atoms with Gasteiger partial charge in [-0.2, -0.15) is 0 Å². The van der Waals surface area contributed by atoms with Gasteiger partial charge in [0, 0.05) is 0 Å². The molecule has 2 aliphatic rings. The summed E-state index contributed by atoms with van der Waals surface area (Å²) in [4.78, 5) is 13.5. The molecule has 4 heteroatoms. The smallest absolute Gasteiger partial charge is 0.229 e. The average molecular weight is 229 g/mol. The molecule has 0 N–H and O–H groups in total. The highest BCUT2D eigenvalue weighted by Crippen LogP contribution is 2.46. The number of halogens is 2. The van der Waals surface area contributed by atoms with Crippen LogP contribution in [-0.4, -0.2) is 36.2 Å². The Balaban J connectivity index is 2.04. The standard InChI is InChI=1S/C12H17F2NO/c1-2-4-12(5-3-6-12)11(16)15-7-9(13)10(14)8-15/h2,9-10H,1,3-8H2/t9-,10+. The van der Waals surface area contributed by atoms with E-state index in [1.807, 2.05) is 0 Å². The number of rotatable bonds is 3. The van der Waals surface area contributed by atoms with E-state index in [0.29, 0.717) is 6.42 Å². The Kier molecular flexibility index (Phi) is 3.00. The van der Waals surface area contributed by atoms with E-state index < -0.39 is 17.8 Å². The zero-order valence-corrected chi connectivity index (χ0v) is 9.29. The zero-order chi connectivity index (χ0) is 11.8. The molecule has 0 aromatic heterocycles. The summed E-state index contributed by atoms with van der Waals surface area (Å²) >= 11 is 0. The zero-order valence-electron chi connectivity index (χ0n) is 9.29. The highest BCUT2D eigenvalue weighted by Gasteiger charge is 2.48. The second kappa shape index (κ2) is 4.15. The van der Waals surface area contributed by atoms with Crippen LogP contribution in [0.15, 0.2) is 12.7 Å². The second-order valence-corrected chi connectivity index (χ2v) is 4.87. The first kappa shape index (κ1) is 11.6. The van der Waals surface area contributed by atoms with E-state index >= 15 is 0 Å². The van der Waals surface area contributed by atoms with Gasteiger partial charge in [0.15, 0.2) is 12.3 Å². The van der Waals surface area contributed by atoms with Gasteiger partial charge in [-0.15, -0.1) is 6.58 Å². The second-order valence-electron chi connectivity index (χ2n) is 4.87. The molecule has 2 atom stereocenters. The summed E-state index contributed by atoms with van der Waals surface area (Å²) in [5, 5.41) is 0. The Bertz CT molecular complexity index is 291. The average Bonchev–Trinajstić information content (AvgIpc) is 2.52. The van der Waals surface area contributed by atoms with Crippen LogP contribution in [-0.2, 0) is 4.79 Å². The fourth-order valence-corrected chi connectivity index (χ4v) is 2.61. The maximum Gasteiger partial charge on any atom is 0.229 e. The molecule has 2 nitrogen and oxygen atoms in total. The van der Waals surface area contributed by atoms with Crippen LogP contribution in [0.5, 0.6) is 0 Å². The first-order valence-electron chi connectivity index (χ1n) is 5.77. The van der Waals surface area contributed by atoms with E-state index in [1.54, 1.807) is 6.08 Å². The van der Waals surface area contributed by atoms with Gasteiger partial charge in [-0.25, -0.2) is 8.78 Å². The third kappa shape index (κ3) is 1.74. The lowest BCUT2D eigenvalue weighted by atomic mass is 9.65. The van der Waals surface area contributed by atoms with Gasteiger partial charge in [0.25, 0.3) is 0 Å². The molecule has 0 aromatic rings. The van der Waals surface area contributed by atoms with Crippen molar-refractivity contribution >= 4 is 5.91 Å². The van der Waals surface area contributed by atoms with Crippen LogP contribution in [0.1, 0.15) is 25.7 Å². The fourth-order valence-electron chi connectivity index (χ4n) is 2.61. The number of carbonyl (C=O) groups is 1. The van der Waals surface area contributed by atoms with Crippen LogP contribution in [0.25, 0.3) is 0 Å². The van der Waals surface area contributed by atoms with Gasteiger partial charge in [0.1, 0.15) is 0 Å². The van der Waals surface area contributed by atoms with Crippen LogP contribution >= 0.6 is 0 Å². The summed E-state index contributed by atoms with van der Waals surface area (Å²) in [5.41, 5.74) is -0.397. The van der Waals surface area contributed by atoms with Crippen molar-refractivity contribution in [3.05, 3.63) is 12.7 Å². The maximum absolute atomic E-state index is 13.0. The molecule has 1 aliphatic heterocycles. The van der Waals surface area contributed by atoms with E-state index in [4.69, 9.17) is 0 Å². The molecule has 1 aliphatic carbocycles. The van der Waals surface area contributed by atoms with Gasteiger partial charge in [-0.3, -0.25) is 4.79 Å². The van der Waals surface area contributed by atoms with Crippen molar-refractivity contribution in [2.75, 3.05) is 13.1 Å². The van der Waals surface area contributed by atoms with Crippen molar-refractivity contribution in [2.45, 2.75) is 38.0 Å². The lowest BCUT2D eigenvalue weighted by Gasteiger charge is -2.42. The lowest BCUT2D eigenvalue weighted by Crippen LogP contribution is -2.47. The van der Waals surface area contributed by atoms with Crippen LogP contribution in [0.4, 0.5) is 8.78 Å². The third-order valence-electron chi connectivity index (χ3n) is 3.77. The predicted molar refractivity (Wildman–Crippen MR) is 57.5 cm³/mol. The Morgan fingerprint density at radius 1 is 1.38 bits per heavy atom. The predicted octanol–water partition coefficient (Wildman–Crippen LogP) is 2.25. The van der Waals surface area contributed by atoms with Gasteiger partial charge in [-0.05, 0) is 19.3 Å². The van der Waals surface area contributed by atoms with Gasteiger partial charge in [-0.1, -0.05) is 12.5 Å². The van der Waals surface area contributed by atoms with E-state index in [9.17, 15) is 13.6 Å². The topological polar surface area (TPSA) is 20.3 Å². The van der Waals surface area contributed by atoms with Gasteiger partial charge in [0.2, 0.25) is 5.91 Å². The van der Waals surface area contributed by atoms with Gasteiger partial charge in [0.05, 0.1) is 18.5 Å². The fraction of sp³-hybridized carbons (Fsp3) is 0.750. The number of alkyl halides is 2.